The van der Waals surface area contributed by atoms with Crippen LogP contribution in [0.1, 0.15) is 24.5 Å². The summed E-state index contributed by atoms with van der Waals surface area (Å²) < 4.78 is 1.95. The summed E-state index contributed by atoms with van der Waals surface area (Å²) in [6.07, 6.45) is 3.41. The molecule has 1 aliphatic heterocycles. The highest BCUT2D eigenvalue weighted by molar-refractivity contribution is 4.99. The Morgan fingerprint density at radius 3 is 2.39 bits per heavy atom. The number of nitrogens with zero attached hydrogens (tertiary/aromatic N) is 4. The van der Waals surface area contributed by atoms with Crippen LogP contribution in [0.3, 0.4) is 0 Å². The average Bonchev–Trinajstić information content (AvgIpc) is 3.00. The van der Waals surface area contributed by atoms with Crippen molar-refractivity contribution in [3.05, 3.63) is 48.0 Å². The number of hydrogen-bond acceptors (Lipinski definition) is 3. The molecule has 3 rings (SSSR count). The zero-order valence-electron chi connectivity index (χ0n) is 10.3. The lowest BCUT2D eigenvalue weighted by Crippen LogP contribution is -1.95. The second-order valence-corrected chi connectivity index (χ2v) is 4.08. The second-order valence-electron chi connectivity index (χ2n) is 4.08. The van der Waals surface area contributed by atoms with Gasteiger partial charge in [0.15, 0.2) is 5.82 Å². The maximum Gasteiger partial charge on any atom is 0.151 e. The summed E-state index contributed by atoms with van der Waals surface area (Å²) in [6.45, 7) is 0.995. The summed E-state index contributed by atoms with van der Waals surface area (Å²) in [5.74, 6) is 1.91. The van der Waals surface area contributed by atoms with Crippen LogP contribution in [0.25, 0.3) is 0 Å². The van der Waals surface area contributed by atoms with E-state index in [0.717, 1.165) is 31.0 Å². The van der Waals surface area contributed by atoms with Gasteiger partial charge in [0.1, 0.15) is 5.82 Å². The van der Waals surface area contributed by atoms with Gasteiger partial charge in [0.25, 0.3) is 0 Å². The Labute approximate surface area is 107 Å². The fourth-order valence-electron chi connectivity index (χ4n) is 1.84. The van der Waals surface area contributed by atoms with Crippen molar-refractivity contribution in [1.82, 2.24) is 14.8 Å². The first-order valence-corrected chi connectivity index (χ1v) is 6.19. The van der Waals surface area contributed by atoms with Crippen molar-refractivity contribution in [2.75, 3.05) is 0 Å². The molecule has 0 spiro atoms. The Kier molecular flexibility index (Phi) is 4.48. The van der Waals surface area contributed by atoms with E-state index in [1.807, 2.05) is 41.1 Å². The Balaban J connectivity index is 0.000000169. The SMILES string of the molecule is N#CCCc1nc2n(n1)CCC2.c1ccccc1. The van der Waals surface area contributed by atoms with Crippen LogP contribution in [0.15, 0.2) is 36.4 Å². The van der Waals surface area contributed by atoms with E-state index in [2.05, 4.69) is 16.2 Å². The Morgan fingerprint density at radius 2 is 1.83 bits per heavy atom. The molecule has 4 heteroatoms. The van der Waals surface area contributed by atoms with Crippen LogP contribution in [0, 0.1) is 11.3 Å². The minimum Gasteiger partial charge on any atom is -0.250 e. The lowest BCUT2D eigenvalue weighted by molar-refractivity contribution is 0.642. The predicted octanol–water partition coefficient (Wildman–Crippen LogP) is 2.37. The highest BCUT2D eigenvalue weighted by atomic mass is 15.4. The van der Waals surface area contributed by atoms with Crippen molar-refractivity contribution >= 4 is 0 Å². The summed E-state index contributed by atoms with van der Waals surface area (Å²) in [5.41, 5.74) is 0. The smallest absolute Gasteiger partial charge is 0.151 e. The van der Waals surface area contributed by atoms with Crippen LogP contribution in [0.4, 0.5) is 0 Å². The van der Waals surface area contributed by atoms with Gasteiger partial charge in [-0.1, -0.05) is 36.4 Å². The molecule has 0 saturated carbocycles. The van der Waals surface area contributed by atoms with Crippen LogP contribution >= 0.6 is 0 Å². The van der Waals surface area contributed by atoms with Gasteiger partial charge in [-0.05, 0) is 6.42 Å². The van der Waals surface area contributed by atoms with Crippen LogP contribution in [-0.4, -0.2) is 14.8 Å². The highest BCUT2D eigenvalue weighted by Gasteiger charge is 2.14. The molecule has 0 radical (unpaired) electrons. The Bertz CT molecular complexity index is 462. The van der Waals surface area contributed by atoms with Crippen molar-refractivity contribution in [3.63, 3.8) is 0 Å². The number of fused-ring (bicyclic) bond motifs is 1. The maximum atomic E-state index is 8.36. The fraction of sp³-hybridized carbons (Fsp3) is 0.357. The number of benzene rings is 1. The molecule has 4 nitrogen and oxygen atoms in total. The molecule has 1 aliphatic rings. The molecule has 0 bridgehead atoms. The monoisotopic (exact) mass is 240 g/mol. The zero-order chi connectivity index (χ0) is 12.6. The number of rotatable bonds is 2. The number of aromatic nitrogens is 3. The largest absolute Gasteiger partial charge is 0.250 e. The topological polar surface area (TPSA) is 54.5 Å². The molecule has 0 unspecified atom stereocenters. The van der Waals surface area contributed by atoms with E-state index in [4.69, 9.17) is 5.26 Å². The summed E-state index contributed by atoms with van der Waals surface area (Å²) in [4.78, 5) is 4.33. The molecule has 0 atom stereocenters. The zero-order valence-corrected chi connectivity index (χ0v) is 10.3. The van der Waals surface area contributed by atoms with Crippen molar-refractivity contribution in [2.45, 2.75) is 32.2 Å². The second kappa shape index (κ2) is 6.55. The lowest BCUT2D eigenvalue weighted by Gasteiger charge is -1.88. The van der Waals surface area contributed by atoms with Crippen molar-refractivity contribution in [1.29, 1.82) is 5.26 Å². The van der Waals surface area contributed by atoms with E-state index < -0.39 is 0 Å². The van der Waals surface area contributed by atoms with E-state index >= 15 is 0 Å². The fourth-order valence-corrected chi connectivity index (χ4v) is 1.84. The average molecular weight is 240 g/mol. The van der Waals surface area contributed by atoms with Crippen LogP contribution in [-0.2, 0) is 19.4 Å². The lowest BCUT2D eigenvalue weighted by atomic mass is 10.3. The number of aryl methyl sites for hydroxylation is 3. The van der Waals surface area contributed by atoms with Gasteiger partial charge in [-0.2, -0.15) is 10.4 Å². The Morgan fingerprint density at radius 1 is 1.17 bits per heavy atom. The van der Waals surface area contributed by atoms with Gasteiger partial charge >= 0.3 is 0 Å². The molecule has 0 N–H and O–H groups in total. The molecule has 0 aliphatic carbocycles. The standard InChI is InChI=1S/C8H10N4.C6H6/c9-5-1-3-7-10-8-4-2-6-12(8)11-7;1-2-4-6-5-3-1/h1-4,6H2;1-6H. The molecule has 2 aromatic rings. The van der Waals surface area contributed by atoms with Gasteiger partial charge in [0.2, 0.25) is 0 Å². The summed E-state index contributed by atoms with van der Waals surface area (Å²) in [6, 6.07) is 14.1. The Hall–Kier alpha value is -2.15. The van der Waals surface area contributed by atoms with Gasteiger partial charge in [0.05, 0.1) is 6.07 Å². The van der Waals surface area contributed by atoms with Crippen molar-refractivity contribution in [2.24, 2.45) is 0 Å². The summed E-state index contributed by atoms with van der Waals surface area (Å²) in [7, 11) is 0. The first-order valence-electron chi connectivity index (χ1n) is 6.19. The number of hydrogen-bond donors (Lipinski definition) is 0. The predicted molar refractivity (Wildman–Crippen MR) is 68.7 cm³/mol. The molecular formula is C14H16N4. The third-order valence-electron chi connectivity index (χ3n) is 2.69. The minimum atomic E-state index is 0.517. The molecular weight excluding hydrogens is 224 g/mol. The minimum absolute atomic E-state index is 0.517. The molecule has 1 aromatic heterocycles. The molecule has 1 aromatic carbocycles. The first kappa shape index (κ1) is 12.3. The quantitative estimate of drug-likeness (QED) is 0.809. The molecule has 2 heterocycles. The number of nitriles is 1. The van der Waals surface area contributed by atoms with Gasteiger partial charge in [-0.15, -0.1) is 0 Å². The van der Waals surface area contributed by atoms with Gasteiger partial charge < -0.3 is 0 Å². The van der Waals surface area contributed by atoms with Crippen LogP contribution in [0.2, 0.25) is 0 Å². The van der Waals surface area contributed by atoms with Crippen molar-refractivity contribution < 1.29 is 0 Å². The van der Waals surface area contributed by atoms with Crippen LogP contribution < -0.4 is 0 Å². The first-order chi connectivity index (χ1) is 8.90. The van der Waals surface area contributed by atoms with E-state index in [1.165, 1.54) is 0 Å². The van der Waals surface area contributed by atoms with Gasteiger partial charge in [-0.3, -0.25) is 0 Å². The summed E-state index contributed by atoms with van der Waals surface area (Å²) in [5, 5.41) is 12.6. The van der Waals surface area contributed by atoms with E-state index in [0.29, 0.717) is 12.8 Å². The van der Waals surface area contributed by atoms with E-state index in [-0.39, 0.29) is 0 Å². The van der Waals surface area contributed by atoms with Crippen LogP contribution in [0.5, 0.6) is 0 Å². The highest BCUT2D eigenvalue weighted by Crippen LogP contribution is 2.11. The molecule has 0 saturated heterocycles. The molecule has 0 fully saturated rings. The van der Waals surface area contributed by atoms with Gasteiger partial charge in [0, 0.05) is 25.8 Å². The third kappa shape index (κ3) is 3.42. The maximum absolute atomic E-state index is 8.36. The van der Waals surface area contributed by atoms with E-state index in [9.17, 15) is 0 Å². The molecule has 92 valence electrons. The summed E-state index contributed by atoms with van der Waals surface area (Å²) >= 11 is 0. The van der Waals surface area contributed by atoms with Crippen molar-refractivity contribution in [3.8, 4) is 6.07 Å². The third-order valence-corrected chi connectivity index (χ3v) is 2.69. The normalized spacial score (nSPS) is 12.2. The molecule has 18 heavy (non-hydrogen) atoms. The van der Waals surface area contributed by atoms with E-state index in [1.54, 1.807) is 0 Å². The van der Waals surface area contributed by atoms with Gasteiger partial charge in [-0.25, -0.2) is 9.67 Å². The molecule has 0 amide bonds.